The molecule has 138 valence electrons. The maximum atomic E-state index is 12.3. The maximum absolute atomic E-state index is 12.3. The third-order valence-electron chi connectivity index (χ3n) is 4.27. The number of hydrogen-bond acceptors (Lipinski definition) is 3. The summed E-state index contributed by atoms with van der Waals surface area (Å²) >= 11 is 0. The second kappa shape index (κ2) is 7.78. The average molecular weight is 364 g/mol. The third-order valence-corrected chi connectivity index (χ3v) is 4.27. The number of likely N-dealkylation sites (tertiary alicyclic amines) is 1. The Labute approximate surface area is 149 Å². The topological polar surface area (TPSA) is 41.6 Å². The number of rotatable bonds is 5. The van der Waals surface area contributed by atoms with Crippen LogP contribution in [0.1, 0.15) is 24.4 Å². The lowest BCUT2D eigenvalue weighted by Crippen LogP contribution is -2.32. The van der Waals surface area contributed by atoms with Crippen LogP contribution >= 0.6 is 0 Å². The van der Waals surface area contributed by atoms with Crippen LogP contribution < -0.4 is 10.1 Å². The molecule has 0 aromatic heterocycles. The lowest BCUT2D eigenvalue weighted by Gasteiger charge is -2.24. The number of alkyl halides is 3. The summed E-state index contributed by atoms with van der Waals surface area (Å²) in [6.45, 7) is 1.08. The molecule has 2 aromatic carbocycles. The van der Waals surface area contributed by atoms with Crippen molar-refractivity contribution in [1.29, 1.82) is 0 Å². The summed E-state index contributed by atoms with van der Waals surface area (Å²) in [6.07, 6.45) is -2.70. The molecule has 0 saturated carbocycles. The van der Waals surface area contributed by atoms with E-state index in [0.29, 0.717) is 5.69 Å². The van der Waals surface area contributed by atoms with Gasteiger partial charge in [0.25, 0.3) is 0 Å². The zero-order valence-corrected chi connectivity index (χ0v) is 14.0. The second-order valence-corrected chi connectivity index (χ2v) is 6.16. The fourth-order valence-electron chi connectivity index (χ4n) is 3.19. The van der Waals surface area contributed by atoms with Crippen LogP contribution in [0.25, 0.3) is 0 Å². The summed E-state index contributed by atoms with van der Waals surface area (Å²) in [5.41, 5.74) is 1.62. The maximum Gasteiger partial charge on any atom is 0.573 e. The van der Waals surface area contributed by atoms with Gasteiger partial charge in [0.05, 0.1) is 6.54 Å². The van der Waals surface area contributed by atoms with Gasteiger partial charge in [0, 0.05) is 11.7 Å². The Morgan fingerprint density at radius 1 is 1.12 bits per heavy atom. The highest BCUT2D eigenvalue weighted by molar-refractivity contribution is 5.92. The Kier molecular flexibility index (Phi) is 5.46. The molecule has 3 rings (SSSR count). The standard InChI is InChI=1S/C19H19F3N2O2/c20-19(21,22)26-16-10-8-15(9-11-16)23-18(25)13-24-12-4-7-17(24)14-5-2-1-3-6-14/h1-3,5-6,8-11,17H,4,7,12-13H2,(H,23,25). The molecule has 0 radical (unpaired) electrons. The molecule has 26 heavy (non-hydrogen) atoms. The SMILES string of the molecule is O=C(CN1CCCC1c1ccccc1)Nc1ccc(OC(F)(F)F)cc1. The molecule has 1 amide bonds. The normalized spacial score (nSPS) is 17.9. The third kappa shape index (κ3) is 4.98. The zero-order chi connectivity index (χ0) is 18.6. The Hall–Kier alpha value is -2.54. The number of nitrogens with one attached hydrogen (secondary N) is 1. The van der Waals surface area contributed by atoms with Gasteiger partial charge in [-0.1, -0.05) is 30.3 Å². The molecule has 1 N–H and O–H groups in total. The molecular formula is C19H19F3N2O2. The molecule has 0 aliphatic carbocycles. The number of nitrogens with zero attached hydrogens (tertiary/aromatic N) is 1. The van der Waals surface area contributed by atoms with Gasteiger partial charge in [-0.2, -0.15) is 0 Å². The highest BCUT2D eigenvalue weighted by Gasteiger charge is 2.31. The summed E-state index contributed by atoms with van der Waals surface area (Å²) < 4.78 is 40.3. The van der Waals surface area contributed by atoms with E-state index >= 15 is 0 Å². The monoisotopic (exact) mass is 364 g/mol. The predicted octanol–water partition coefficient (Wildman–Crippen LogP) is 4.36. The minimum Gasteiger partial charge on any atom is -0.406 e. The van der Waals surface area contributed by atoms with Crippen LogP contribution in [0.15, 0.2) is 54.6 Å². The van der Waals surface area contributed by atoms with Crippen molar-refractivity contribution >= 4 is 11.6 Å². The van der Waals surface area contributed by atoms with E-state index in [-0.39, 0.29) is 24.2 Å². The Morgan fingerprint density at radius 3 is 2.46 bits per heavy atom. The number of hydrogen-bond donors (Lipinski definition) is 1. The van der Waals surface area contributed by atoms with Gasteiger partial charge in [0.15, 0.2) is 0 Å². The number of halogens is 3. The van der Waals surface area contributed by atoms with Gasteiger partial charge in [-0.25, -0.2) is 0 Å². The van der Waals surface area contributed by atoms with Crippen molar-refractivity contribution < 1.29 is 22.7 Å². The highest BCUT2D eigenvalue weighted by atomic mass is 19.4. The number of anilines is 1. The quantitative estimate of drug-likeness (QED) is 0.857. The van der Waals surface area contributed by atoms with E-state index < -0.39 is 6.36 Å². The van der Waals surface area contributed by atoms with E-state index in [1.165, 1.54) is 29.8 Å². The fourth-order valence-corrected chi connectivity index (χ4v) is 3.19. The van der Waals surface area contributed by atoms with Crippen molar-refractivity contribution in [3.63, 3.8) is 0 Å². The van der Waals surface area contributed by atoms with Crippen molar-refractivity contribution in [3.05, 3.63) is 60.2 Å². The molecule has 7 heteroatoms. The molecule has 1 heterocycles. The van der Waals surface area contributed by atoms with E-state index in [1.807, 2.05) is 18.2 Å². The molecule has 1 aliphatic rings. The number of benzene rings is 2. The summed E-state index contributed by atoms with van der Waals surface area (Å²) in [4.78, 5) is 14.4. The van der Waals surface area contributed by atoms with Gasteiger partial charge in [-0.05, 0) is 49.2 Å². The van der Waals surface area contributed by atoms with Gasteiger partial charge < -0.3 is 10.1 Å². The first-order valence-electron chi connectivity index (χ1n) is 8.35. The highest BCUT2D eigenvalue weighted by Crippen LogP contribution is 2.31. The second-order valence-electron chi connectivity index (χ2n) is 6.16. The summed E-state index contributed by atoms with van der Waals surface area (Å²) in [5, 5.41) is 2.71. The zero-order valence-electron chi connectivity index (χ0n) is 14.0. The van der Waals surface area contributed by atoms with Crippen molar-refractivity contribution in [2.75, 3.05) is 18.4 Å². The van der Waals surface area contributed by atoms with Crippen LogP contribution in [-0.4, -0.2) is 30.3 Å². The van der Waals surface area contributed by atoms with Crippen molar-refractivity contribution in [3.8, 4) is 5.75 Å². The van der Waals surface area contributed by atoms with Crippen molar-refractivity contribution in [2.45, 2.75) is 25.2 Å². The van der Waals surface area contributed by atoms with Crippen LogP contribution in [-0.2, 0) is 4.79 Å². The number of amides is 1. The largest absolute Gasteiger partial charge is 0.573 e. The Morgan fingerprint density at radius 2 is 1.81 bits per heavy atom. The van der Waals surface area contributed by atoms with E-state index in [9.17, 15) is 18.0 Å². The first-order valence-corrected chi connectivity index (χ1v) is 8.35. The van der Waals surface area contributed by atoms with Crippen molar-refractivity contribution in [1.82, 2.24) is 4.90 Å². The molecule has 1 aliphatic heterocycles. The van der Waals surface area contributed by atoms with Gasteiger partial charge >= 0.3 is 6.36 Å². The van der Waals surface area contributed by atoms with Gasteiger partial charge in [0.2, 0.25) is 5.91 Å². The van der Waals surface area contributed by atoms with E-state index in [0.717, 1.165) is 19.4 Å². The Bertz CT molecular complexity index is 733. The molecule has 0 spiro atoms. The summed E-state index contributed by atoms with van der Waals surface area (Å²) in [5.74, 6) is -0.517. The lowest BCUT2D eigenvalue weighted by atomic mass is 10.0. The molecule has 1 unspecified atom stereocenters. The lowest BCUT2D eigenvalue weighted by molar-refractivity contribution is -0.274. The molecule has 2 aromatic rings. The number of ether oxygens (including phenoxy) is 1. The molecule has 4 nitrogen and oxygen atoms in total. The predicted molar refractivity (Wildman–Crippen MR) is 91.7 cm³/mol. The van der Waals surface area contributed by atoms with E-state index in [2.05, 4.69) is 27.1 Å². The van der Waals surface area contributed by atoms with Crippen LogP contribution in [0.4, 0.5) is 18.9 Å². The van der Waals surface area contributed by atoms with Crippen LogP contribution in [0.5, 0.6) is 5.75 Å². The number of carbonyl (C=O) groups excluding carboxylic acids is 1. The van der Waals surface area contributed by atoms with E-state index in [4.69, 9.17) is 0 Å². The molecule has 1 saturated heterocycles. The van der Waals surface area contributed by atoms with Gasteiger partial charge in [0.1, 0.15) is 5.75 Å². The fraction of sp³-hybridized carbons (Fsp3) is 0.316. The van der Waals surface area contributed by atoms with Gasteiger partial charge in [-0.3, -0.25) is 9.69 Å². The van der Waals surface area contributed by atoms with Crippen LogP contribution in [0.2, 0.25) is 0 Å². The molecule has 1 fully saturated rings. The summed E-state index contributed by atoms with van der Waals surface area (Å²) in [6, 6.07) is 15.4. The van der Waals surface area contributed by atoms with Crippen molar-refractivity contribution in [2.24, 2.45) is 0 Å². The van der Waals surface area contributed by atoms with E-state index in [1.54, 1.807) is 0 Å². The summed E-state index contributed by atoms with van der Waals surface area (Å²) in [7, 11) is 0. The first kappa shape index (κ1) is 18.3. The molecule has 0 bridgehead atoms. The minimum atomic E-state index is -4.73. The average Bonchev–Trinajstić information content (AvgIpc) is 3.04. The number of carbonyl (C=O) groups is 1. The van der Waals surface area contributed by atoms with Crippen LogP contribution in [0.3, 0.4) is 0 Å². The minimum absolute atomic E-state index is 0.197. The molecular weight excluding hydrogens is 345 g/mol. The first-order chi connectivity index (χ1) is 12.4. The van der Waals surface area contributed by atoms with Crippen LogP contribution in [0, 0.1) is 0 Å². The smallest absolute Gasteiger partial charge is 0.406 e. The molecule has 1 atom stereocenters. The Balaban J connectivity index is 1.57. The van der Waals surface area contributed by atoms with Gasteiger partial charge in [-0.15, -0.1) is 13.2 Å².